The van der Waals surface area contributed by atoms with Crippen molar-refractivity contribution < 1.29 is 9.53 Å². The zero-order valence-electron chi connectivity index (χ0n) is 9.64. The summed E-state index contributed by atoms with van der Waals surface area (Å²) >= 11 is 0. The SMILES string of the molecule is CC(C)Oc1ccc(CC(N)C(N)=O)cc1. The molecule has 1 amide bonds. The van der Waals surface area contributed by atoms with E-state index in [0.29, 0.717) is 6.42 Å². The van der Waals surface area contributed by atoms with E-state index >= 15 is 0 Å². The van der Waals surface area contributed by atoms with E-state index in [4.69, 9.17) is 16.2 Å². The minimum atomic E-state index is -0.628. The number of primary amides is 1. The van der Waals surface area contributed by atoms with Crippen molar-refractivity contribution in [3.05, 3.63) is 29.8 Å². The zero-order valence-corrected chi connectivity index (χ0v) is 9.64. The molecule has 0 aliphatic rings. The molecule has 0 aliphatic heterocycles. The Morgan fingerprint density at radius 1 is 1.31 bits per heavy atom. The van der Waals surface area contributed by atoms with E-state index in [-0.39, 0.29) is 6.10 Å². The fraction of sp³-hybridized carbons (Fsp3) is 0.417. The minimum Gasteiger partial charge on any atom is -0.491 e. The maximum atomic E-state index is 10.8. The number of amides is 1. The number of benzene rings is 1. The Kier molecular flexibility index (Phi) is 4.31. The average molecular weight is 222 g/mol. The number of hydrogen-bond donors (Lipinski definition) is 2. The molecule has 0 spiro atoms. The van der Waals surface area contributed by atoms with Crippen LogP contribution in [0.2, 0.25) is 0 Å². The maximum absolute atomic E-state index is 10.8. The molecular weight excluding hydrogens is 204 g/mol. The molecule has 0 fully saturated rings. The highest BCUT2D eigenvalue weighted by Gasteiger charge is 2.09. The van der Waals surface area contributed by atoms with Crippen molar-refractivity contribution in [2.24, 2.45) is 11.5 Å². The van der Waals surface area contributed by atoms with Gasteiger partial charge >= 0.3 is 0 Å². The van der Waals surface area contributed by atoms with E-state index in [1.54, 1.807) is 0 Å². The summed E-state index contributed by atoms with van der Waals surface area (Å²) in [7, 11) is 0. The van der Waals surface area contributed by atoms with Gasteiger partial charge in [-0.05, 0) is 38.0 Å². The van der Waals surface area contributed by atoms with Crippen LogP contribution in [0.3, 0.4) is 0 Å². The largest absolute Gasteiger partial charge is 0.491 e. The van der Waals surface area contributed by atoms with Crippen molar-refractivity contribution >= 4 is 5.91 Å². The van der Waals surface area contributed by atoms with Gasteiger partial charge in [-0.1, -0.05) is 12.1 Å². The lowest BCUT2D eigenvalue weighted by Crippen LogP contribution is -2.38. The Labute approximate surface area is 95.6 Å². The number of hydrogen-bond acceptors (Lipinski definition) is 3. The third-order valence-electron chi connectivity index (χ3n) is 2.12. The summed E-state index contributed by atoms with van der Waals surface area (Å²) in [6, 6.07) is 6.88. The molecule has 1 rings (SSSR count). The van der Waals surface area contributed by atoms with E-state index in [1.807, 2.05) is 38.1 Å². The summed E-state index contributed by atoms with van der Waals surface area (Å²) in [5.41, 5.74) is 11.6. The maximum Gasteiger partial charge on any atom is 0.234 e. The van der Waals surface area contributed by atoms with Crippen molar-refractivity contribution in [2.45, 2.75) is 32.4 Å². The first kappa shape index (κ1) is 12.5. The van der Waals surface area contributed by atoms with E-state index in [9.17, 15) is 4.79 Å². The molecule has 1 aromatic carbocycles. The number of carbonyl (C=O) groups excluding carboxylic acids is 1. The predicted molar refractivity (Wildman–Crippen MR) is 63.1 cm³/mol. The highest BCUT2D eigenvalue weighted by Crippen LogP contribution is 2.14. The fourth-order valence-corrected chi connectivity index (χ4v) is 1.33. The molecular formula is C12H18N2O2. The molecule has 1 atom stereocenters. The number of ether oxygens (including phenoxy) is 1. The summed E-state index contributed by atoms with van der Waals surface area (Å²) in [4.78, 5) is 10.8. The molecule has 0 saturated heterocycles. The molecule has 4 N–H and O–H groups in total. The van der Waals surface area contributed by atoms with Crippen LogP contribution in [-0.2, 0) is 11.2 Å². The Hall–Kier alpha value is -1.55. The average Bonchev–Trinajstić information content (AvgIpc) is 2.20. The van der Waals surface area contributed by atoms with Gasteiger partial charge < -0.3 is 16.2 Å². The lowest BCUT2D eigenvalue weighted by atomic mass is 10.1. The zero-order chi connectivity index (χ0) is 12.1. The number of carbonyl (C=O) groups is 1. The van der Waals surface area contributed by atoms with Gasteiger partial charge in [0.15, 0.2) is 0 Å². The quantitative estimate of drug-likeness (QED) is 0.774. The van der Waals surface area contributed by atoms with Gasteiger partial charge in [-0.25, -0.2) is 0 Å². The Bertz CT molecular complexity index is 347. The van der Waals surface area contributed by atoms with E-state index < -0.39 is 11.9 Å². The lowest BCUT2D eigenvalue weighted by molar-refractivity contribution is -0.119. The standard InChI is InChI=1S/C12H18N2O2/c1-8(2)16-10-5-3-9(4-6-10)7-11(13)12(14)15/h3-6,8,11H,7,13H2,1-2H3,(H2,14,15). The molecule has 0 aromatic heterocycles. The van der Waals surface area contributed by atoms with Gasteiger partial charge in [-0.2, -0.15) is 0 Å². The topological polar surface area (TPSA) is 78.3 Å². The van der Waals surface area contributed by atoms with Crippen LogP contribution in [0.1, 0.15) is 19.4 Å². The Morgan fingerprint density at radius 3 is 2.31 bits per heavy atom. The van der Waals surface area contributed by atoms with Crippen LogP contribution in [-0.4, -0.2) is 18.1 Å². The number of nitrogens with two attached hydrogens (primary N) is 2. The normalized spacial score (nSPS) is 12.5. The lowest BCUT2D eigenvalue weighted by Gasteiger charge is -2.11. The van der Waals surface area contributed by atoms with Gasteiger partial charge in [0.2, 0.25) is 5.91 Å². The van der Waals surface area contributed by atoms with Crippen molar-refractivity contribution in [2.75, 3.05) is 0 Å². The van der Waals surface area contributed by atoms with Gasteiger partial charge in [0, 0.05) is 0 Å². The van der Waals surface area contributed by atoms with Crippen molar-refractivity contribution in [1.29, 1.82) is 0 Å². The first-order valence-corrected chi connectivity index (χ1v) is 5.29. The molecule has 0 bridgehead atoms. The van der Waals surface area contributed by atoms with Gasteiger partial charge in [-0.15, -0.1) is 0 Å². The van der Waals surface area contributed by atoms with E-state index in [1.165, 1.54) is 0 Å². The highest BCUT2D eigenvalue weighted by molar-refractivity contribution is 5.79. The second-order valence-corrected chi connectivity index (χ2v) is 4.02. The highest BCUT2D eigenvalue weighted by atomic mass is 16.5. The van der Waals surface area contributed by atoms with E-state index in [0.717, 1.165) is 11.3 Å². The summed E-state index contributed by atoms with van der Waals surface area (Å²) in [6.07, 6.45) is 0.607. The summed E-state index contributed by atoms with van der Waals surface area (Å²) in [6.45, 7) is 3.94. The van der Waals surface area contributed by atoms with Crippen LogP contribution in [0.4, 0.5) is 0 Å². The van der Waals surface area contributed by atoms with Crippen molar-refractivity contribution in [1.82, 2.24) is 0 Å². The van der Waals surface area contributed by atoms with Crippen molar-refractivity contribution in [3.63, 3.8) is 0 Å². The molecule has 0 heterocycles. The van der Waals surface area contributed by atoms with Crippen LogP contribution in [0.25, 0.3) is 0 Å². The molecule has 0 radical (unpaired) electrons. The van der Waals surface area contributed by atoms with Crippen LogP contribution < -0.4 is 16.2 Å². The second-order valence-electron chi connectivity index (χ2n) is 4.02. The van der Waals surface area contributed by atoms with Crippen LogP contribution in [0.15, 0.2) is 24.3 Å². The third kappa shape index (κ3) is 3.90. The Balaban J connectivity index is 2.61. The third-order valence-corrected chi connectivity index (χ3v) is 2.12. The first-order chi connectivity index (χ1) is 7.49. The predicted octanol–water partition coefficient (Wildman–Crippen LogP) is 0.829. The van der Waals surface area contributed by atoms with Crippen molar-refractivity contribution in [3.8, 4) is 5.75 Å². The summed E-state index contributed by atoms with van der Waals surface area (Å²) in [5, 5.41) is 0. The van der Waals surface area contributed by atoms with Gasteiger partial charge in [-0.3, -0.25) is 4.79 Å². The second kappa shape index (κ2) is 5.51. The molecule has 4 heteroatoms. The molecule has 88 valence electrons. The summed E-state index contributed by atoms with van der Waals surface area (Å²) < 4.78 is 5.50. The molecule has 4 nitrogen and oxygen atoms in total. The van der Waals surface area contributed by atoms with Crippen LogP contribution in [0, 0.1) is 0 Å². The van der Waals surface area contributed by atoms with E-state index in [2.05, 4.69) is 0 Å². The van der Waals surface area contributed by atoms with Crippen LogP contribution >= 0.6 is 0 Å². The van der Waals surface area contributed by atoms with Gasteiger partial charge in [0.25, 0.3) is 0 Å². The first-order valence-electron chi connectivity index (χ1n) is 5.29. The van der Waals surface area contributed by atoms with Gasteiger partial charge in [0.1, 0.15) is 5.75 Å². The minimum absolute atomic E-state index is 0.152. The van der Waals surface area contributed by atoms with Gasteiger partial charge in [0.05, 0.1) is 12.1 Å². The molecule has 0 saturated carbocycles. The monoisotopic (exact) mass is 222 g/mol. The Morgan fingerprint density at radius 2 is 1.88 bits per heavy atom. The molecule has 1 aromatic rings. The van der Waals surface area contributed by atoms with Crippen LogP contribution in [0.5, 0.6) is 5.75 Å². The number of rotatable bonds is 5. The molecule has 0 aliphatic carbocycles. The molecule has 16 heavy (non-hydrogen) atoms. The molecule has 1 unspecified atom stereocenters. The smallest absolute Gasteiger partial charge is 0.234 e. The summed E-state index contributed by atoms with van der Waals surface area (Å²) in [5.74, 6) is 0.328. The fourth-order valence-electron chi connectivity index (χ4n) is 1.33.